The first-order valence-corrected chi connectivity index (χ1v) is 8.54. The number of oxazole rings is 1. The van der Waals surface area contributed by atoms with Crippen molar-refractivity contribution in [2.75, 3.05) is 5.32 Å². The highest BCUT2D eigenvalue weighted by molar-refractivity contribution is 6.07. The van der Waals surface area contributed by atoms with Crippen molar-refractivity contribution in [1.82, 2.24) is 4.98 Å². The van der Waals surface area contributed by atoms with Crippen molar-refractivity contribution in [3.8, 4) is 11.5 Å². The molecule has 138 valence electrons. The molecule has 3 aromatic carbocycles. The fourth-order valence-corrected chi connectivity index (χ4v) is 2.91. The van der Waals surface area contributed by atoms with E-state index in [4.69, 9.17) is 4.42 Å². The quantitative estimate of drug-likeness (QED) is 0.402. The van der Waals surface area contributed by atoms with Gasteiger partial charge in [0, 0.05) is 17.3 Å². The third kappa shape index (κ3) is 3.33. The highest BCUT2D eigenvalue weighted by atomic mass is 16.6. The van der Waals surface area contributed by atoms with Crippen LogP contribution in [0.1, 0.15) is 15.9 Å². The van der Waals surface area contributed by atoms with Gasteiger partial charge in [-0.05, 0) is 48.9 Å². The van der Waals surface area contributed by atoms with Gasteiger partial charge in [0.2, 0.25) is 5.89 Å². The number of benzene rings is 3. The summed E-state index contributed by atoms with van der Waals surface area (Å²) >= 11 is 0. The average Bonchev–Trinajstić information content (AvgIpc) is 3.11. The molecule has 1 aromatic heterocycles. The molecular formula is C21H15N3O4. The second kappa shape index (κ2) is 6.96. The fourth-order valence-electron chi connectivity index (χ4n) is 2.91. The molecule has 0 saturated heterocycles. The van der Waals surface area contributed by atoms with Gasteiger partial charge in [-0.2, -0.15) is 0 Å². The molecule has 0 aliphatic heterocycles. The Morgan fingerprint density at radius 2 is 1.89 bits per heavy atom. The summed E-state index contributed by atoms with van der Waals surface area (Å²) in [6, 6.07) is 18.5. The Kier molecular flexibility index (Phi) is 4.33. The molecule has 4 aromatic rings. The van der Waals surface area contributed by atoms with Crippen LogP contribution in [0.4, 0.5) is 11.4 Å². The number of nitrogens with one attached hydrogen (secondary N) is 1. The van der Waals surface area contributed by atoms with Crippen molar-refractivity contribution in [3.05, 3.63) is 88.0 Å². The van der Waals surface area contributed by atoms with Gasteiger partial charge >= 0.3 is 0 Å². The number of nitro groups is 1. The van der Waals surface area contributed by atoms with Crippen LogP contribution in [0.15, 0.2) is 71.1 Å². The van der Waals surface area contributed by atoms with Crippen molar-refractivity contribution in [3.63, 3.8) is 0 Å². The minimum absolute atomic E-state index is 0.00441. The molecule has 1 heterocycles. The molecule has 1 N–H and O–H groups in total. The van der Waals surface area contributed by atoms with E-state index in [9.17, 15) is 14.9 Å². The number of para-hydroxylation sites is 1. The lowest BCUT2D eigenvalue weighted by molar-refractivity contribution is -0.385. The van der Waals surface area contributed by atoms with Crippen molar-refractivity contribution in [2.45, 2.75) is 6.92 Å². The number of nitrogens with zero attached hydrogens (tertiary/aromatic N) is 2. The number of hydrogen-bond donors (Lipinski definition) is 1. The number of nitro benzene ring substituents is 1. The van der Waals surface area contributed by atoms with Crippen molar-refractivity contribution in [1.29, 1.82) is 0 Å². The zero-order valence-corrected chi connectivity index (χ0v) is 14.9. The molecular weight excluding hydrogens is 358 g/mol. The minimum Gasteiger partial charge on any atom is -0.436 e. The first kappa shape index (κ1) is 17.4. The Balaban J connectivity index is 1.64. The Hall–Kier alpha value is -4.00. The molecule has 0 spiro atoms. The molecule has 1 amide bonds. The van der Waals surface area contributed by atoms with Crippen LogP contribution in [0.3, 0.4) is 0 Å². The summed E-state index contributed by atoms with van der Waals surface area (Å²) in [5.74, 6) is -0.125. The molecule has 7 nitrogen and oxygen atoms in total. The molecule has 0 aliphatic carbocycles. The smallest absolute Gasteiger partial charge is 0.282 e. The standard InChI is InChI=1S/C21H15N3O4/c1-13-9-10-19-17(11-13)23-21(28-19)14-5-4-6-15(12-14)22-20(25)16-7-2-3-8-18(16)24(26)27/h2-12H,1H3,(H,22,25). The number of amides is 1. The topological polar surface area (TPSA) is 98.3 Å². The molecule has 28 heavy (non-hydrogen) atoms. The summed E-state index contributed by atoms with van der Waals surface area (Å²) in [5.41, 5.74) is 3.44. The lowest BCUT2D eigenvalue weighted by Gasteiger charge is -2.06. The van der Waals surface area contributed by atoms with Gasteiger partial charge in [0.05, 0.1) is 4.92 Å². The lowest BCUT2D eigenvalue weighted by atomic mass is 10.1. The highest BCUT2D eigenvalue weighted by Crippen LogP contribution is 2.27. The Morgan fingerprint density at radius 1 is 1.07 bits per heavy atom. The van der Waals surface area contributed by atoms with Crippen LogP contribution >= 0.6 is 0 Å². The zero-order valence-electron chi connectivity index (χ0n) is 14.9. The van der Waals surface area contributed by atoms with Gasteiger partial charge in [-0.3, -0.25) is 14.9 Å². The van der Waals surface area contributed by atoms with E-state index >= 15 is 0 Å². The van der Waals surface area contributed by atoms with E-state index in [1.54, 1.807) is 24.3 Å². The van der Waals surface area contributed by atoms with Crippen LogP contribution in [0.5, 0.6) is 0 Å². The van der Waals surface area contributed by atoms with Crippen LogP contribution in [-0.2, 0) is 0 Å². The van der Waals surface area contributed by atoms with E-state index in [1.807, 2.05) is 31.2 Å². The van der Waals surface area contributed by atoms with Crippen LogP contribution in [0, 0.1) is 17.0 Å². The largest absolute Gasteiger partial charge is 0.436 e. The maximum atomic E-state index is 12.5. The number of anilines is 1. The predicted molar refractivity (Wildman–Crippen MR) is 105 cm³/mol. The molecule has 0 fully saturated rings. The van der Waals surface area contributed by atoms with Crippen LogP contribution < -0.4 is 5.32 Å². The maximum absolute atomic E-state index is 12.5. The number of rotatable bonds is 4. The van der Waals surface area contributed by atoms with Crippen molar-refractivity contribution >= 4 is 28.4 Å². The third-order valence-corrected chi connectivity index (χ3v) is 4.26. The molecule has 0 bridgehead atoms. The maximum Gasteiger partial charge on any atom is 0.282 e. The number of carbonyl (C=O) groups is 1. The second-order valence-electron chi connectivity index (χ2n) is 6.30. The van der Waals surface area contributed by atoms with Crippen molar-refractivity contribution < 1.29 is 14.1 Å². The SMILES string of the molecule is Cc1ccc2oc(-c3cccc(NC(=O)c4ccccc4[N+](=O)[O-])c3)nc2c1. The molecule has 4 rings (SSSR count). The Bertz CT molecular complexity index is 1210. The summed E-state index contributed by atoms with van der Waals surface area (Å²) in [6.07, 6.45) is 0. The van der Waals surface area contributed by atoms with Crippen molar-refractivity contribution in [2.24, 2.45) is 0 Å². The zero-order chi connectivity index (χ0) is 19.7. The van der Waals surface area contributed by atoms with Gasteiger partial charge in [0.15, 0.2) is 5.58 Å². The highest BCUT2D eigenvalue weighted by Gasteiger charge is 2.19. The summed E-state index contributed by atoms with van der Waals surface area (Å²) < 4.78 is 5.79. The number of aromatic nitrogens is 1. The molecule has 0 aliphatic rings. The molecule has 0 radical (unpaired) electrons. The minimum atomic E-state index is -0.578. The van der Waals surface area contributed by atoms with Crippen LogP contribution in [-0.4, -0.2) is 15.8 Å². The number of aryl methyl sites for hydroxylation is 1. The van der Waals surface area contributed by atoms with E-state index in [0.717, 1.165) is 11.1 Å². The van der Waals surface area contributed by atoms with Gasteiger partial charge in [0.25, 0.3) is 11.6 Å². The van der Waals surface area contributed by atoms with Crippen LogP contribution in [0.2, 0.25) is 0 Å². The van der Waals surface area contributed by atoms with Gasteiger partial charge in [-0.25, -0.2) is 4.98 Å². The number of fused-ring (bicyclic) bond motifs is 1. The summed E-state index contributed by atoms with van der Waals surface area (Å²) in [4.78, 5) is 27.6. The molecule has 0 saturated carbocycles. The van der Waals surface area contributed by atoms with E-state index in [-0.39, 0.29) is 11.3 Å². The molecule has 0 unspecified atom stereocenters. The second-order valence-corrected chi connectivity index (χ2v) is 6.30. The van der Waals surface area contributed by atoms with E-state index in [0.29, 0.717) is 22.7 Å². The third-order valence-electron chi connectivity index (χ3n) is 4.26. The number of carbonyl (C=O) groups excluding carboxylic acids is 1. The van der Waals surface area contributed by atoms with E-state index < -0.39 is 10.8 Å². The predicted octanol–water partition coefficient (Wildman–Crippen LogP) is 4.96. The summed E-state index contributed by atoms with van der Waals surface area (Å²) in [7, 11) is 0. The monoisotopic (exact) mass is 373 g/mol. The first-order chi connectivity index (χ1) is 13.5. The van der Waals surface area contributed by atoms with E-state index in [2.05, 4.69) is 10.3 Å². The van der Waals surface area contributed by atoms with Gasteiger partial charge < -0.3 is 9.73 Å². The summed E-state index contributed by atoms with van der Waals surface area (Å²) in [6.45, 7) is 1.98. The summed E-state index contributed by atoms with van der Waals surface area (Å²) in [5, 5.41) is 13.8. The van der Waals surface area contributed by atoms with Gasteiger partial charge in [-0.1, -0.05) is 24.3 Å². The molecule has 7 heteroatoms. The van der Waals surface area contributed by atoms with E-state index in [1.165, 1.54) is 18.2 Å². The normalized spacial score (nSPS) is 10.8. The Labute approximate surface area is 159 Å². The fraction of sp³-hybridized carbons (Fsp3) is 0.0476. The van der Waals surface area contributed by atoms with Gasteiger partial charge in [0.1, 0.15) is 11.1 Å². The molecule has 0 atom stereocenters. The average molecular weight is 373 g/mol. The van der Waals surface area contributed by atoms with Crippen LogP contribution in [0.25, 0.3) is 22.6 Å². The number of hydrogen-bond acceptors (Lipinski definition) is 5. The Morgan fingerprint density at radius 3 is 2.71 bits per heavy atom. The lowest BCUT2D eigenvalue weighted by Crippen LogP contribution is -2.13. The van der Waals surface area contributed by atoms with Gasteiger partial charge in [-0.15, -0.1) is 0 Å². The first-order valence-electron chi connectivity index (χ1n) is 8.54.